The van der Waals surface area contributed by atoms with Crippen molar-refractivity contribution in [2.75, 3.05) is 32.7 Å². The number of nitrogens with zero attached hydrogens (tertiary/aromatic N) is 3. The van der Waals surface area contributed by atoms with Crippen LogP contribution in [0.5, 0.6) is 0 Å². The van der Waals surface area contributed by atoms with Crippen molar-refractivity contribution in [1.29, 1.82) is 0 Å². The number of benzene rings is 1. The van der Waals surface area contributed by atoms with E-state index in [1.165, 1.54) is 22.5 Å². The zero-order chi connectivity index (χ0) is 20.2. The monoisotopic (exact) mass is 398 g/mol. The van der Waals surface area contributed by atoms with Gasteiger partial charge in [-0.15, -0.1) is 0 Å². The Morgan fingerprint density at radius 2 is 1.85 bits per heavy atom. The molecule has 0 aliphatic carbocycles. The lowest BCUT2D eigenvalue weighted by molar-refractivity contribution is -0.385. The lowest BCUT2D eigenvalue weighted by Gasteiger charge is -2.36. The minimum atomic E-state index is -3.81. The zero-order valence-corrected chi connectivity index (χ0v) is 16.6. The van der Waals surface area contributed by atoms with E-state index in [1.807, 2.05) is 18.7 Å². The summed E-state index contributed by atoms with van der Waals surface area (Å²) in [7, 11) is -3.81. The molecule has 1 aromatic carbocycles. The topological polar surface area (TPSA) is 113 Å². The molecule has 10 heteroatoms. The number of carbonyl (C=O) groups is 1. The van der Waals surface area contributed by atoms with E-state index in [0.29, 0.717) is 25.6 Å². The number of sulfonamides is 1. The molecule has 1 fully saturated rings. The van der Waals surface area contributed by atoms with E-state index in [1.54, 1.807) is 6.92 Å². The highest BCUT2D eigenvalue weighted by Gasteiger charge is 2.32. The largest absolute Gasteiger partial charge is 0.354 e. The van der Waals surface area contributed by atoms with Crippen molar-refractivity contribution in [3.05, 3.63) is 34.4 Å². The number of nitro groups is 1. The Kier molecular flexibility index (Phi) is 6.90. The molecule has 1 aliphatic rings. The van der Waals surface area contributed by atoms with Crippen LogP contribution in [0.3, 0.4) is 0 Å². The molecule has 27 heavy (non-hydrogen) atoms. The van der Waals surface area contributed by atoms with E-state index in [0.717, 1.165) is 6.07 Å². The zero-order valence-electron chi connectivity index (χ0n) is 15.8. The molecule has 1 heterocycles. The summed E-state index contributed by atoms with van der Waals surface area (Å²) in [6, 6.07) is 4.71. The number of hydrogen-bond acceptors (Lipinski definition) is 6. The molecular weight excluding hydrogens is 372 g/mol. The van der Waals surface area contributed by atoms with Gasteiger partial charge in [0.05, 0.1) is 15.9 Å². The van der Waals surface area contributed by atoms with Gasteiger partial charge in [-0.3, -0.25) is 19.8 Å². The van der Waals surface area contributed by atoms with Crippen molar-refractivity contribution in [2.24, 2.45) is 5.92 Å². The van der Waals surface area contributed by atoms with Gasteiger partial charge in [-0.1, -0.05) is 19.9 Å². The molecule has 1 aromatic rings. The molecule has 0 aromatic heterocycles. The first-order chi connectivity index (χ1) is 12.6. The van der Waals surface area contributed by atoms with Gasteiger partial charge in [0.2, 0.25) is 15.9 Å². The first kappa shape index (κ1) is 21.3. The lowest BCUT2D eigenvalue weighted by Crippen LogP contribution is -2.55. The predicted molar refractivity (Wildman–Crippen MR) is 101 cm³/mol. The van der Waals surface area contributed by atoms with Gasteiger partial charge in [0.25, 0.3) is 5.69 Å². The summed E-state index contributed by atoms with van der Waals surface area (Å²) in [5, 5.41) is 13.8. The molecule has 1 aliphatic heterocycles. The molecule has 1 amide bonds. The number of piperazine rings is 1. The quantitative estimate of drug-likeness (QED) is 0.543. The molecule has 0 radical (unpaired) electrons. The van der Waals surface area contributed by atoms with Crippen molar-refractivity contribution in [2.45, 2.75) is 31.7 Å². The number of carbonyl (C=O) groups excluding carboxylic acids is 1. The second kappa shape index (κ2) is 8.77. The van der Waals surface area contributed by atoms with E-state index in [-0.39, 0.29) is 35.6 Å². The van der Waals surface area contributed by atoms with Crippen LogP contribution in [-0.2, 0) is 14.8 Å². The minimum Gasteiger partial charge on any atom is -0.354 e. The Bertz CT molecular complexity index is 788. The number of rotatable bonds is 7. The second-order valence-electron chi connectivity index (χ2n) is 7.01. The molecular formula is C17H26N4O5S. The predicted octanol–water partition coefficient (Wildman–Crippen LogP) is 1.06. The van der Waals surface area contributed by atoms with Gasteiger partial charge in [-0.25, -0.2) is 8.42 Å². The summed E-state index contributed by atoms with van der Waals surface area (Å²) >= 11 is 0. The Balaban J connectivity index is 2.01. The highest BCUT2D eigenvalue weighted by molar-refractivity contribution is 7.89. The summed E-state index contributed by atoms with van der Waals surface area (Å²) < 4.78 is 26.8. The highest BCUT2D eigenvalue weighted by atomic mass is 32.2. The minimum absolute atomic E-state index is 0.0707. The summed E-state index contributed by atoms with van der Waals surface area (Å²) in [5.74, 6) is 0.289. The average molecular weight is 398 g/mol. The van der Waals surface area contributed by atoms with E-state index >= 15 is 0 Å². The summed E-state index contributed by atoms with van der Waals surface area (Å²) in [6.45, 7) is 7.74. The highest BCUT2D eigenvalue weighted by Crippen LogP contribution is 2.22. The van der Waals surface area contributed by atoms with Crippen LogP contribution in [0.15, 0.2) is 29.2 Å². The van der Waals surface area contributed by atoms with Crippen molar-refractivity contribution < 1.29 is 18.1 Å². The molecule has 1 unspecified atom stereocenters. The molecule has 0 saturated carbocycles. The summed E-state index contributed by atoms with van der Waals surface area (Å²) in [6.07, 6.45) is 0. The maximum atomic E-state index is 12.8. The van der Waals surface area contributed by atoms with Crippen molar-refractivity contribution in [3.8, 4) is 0 Å². The van der Waals surface area contributed by atoms with Crippen LogP contribution in [0.4, 0.5) is 5.69 Å². The van der Waals surface area contributed by atoms with E-state index in [4.69, 9.17) is 0 Å². The SMILES string of the molecule is CC(C)CNC(=O)C(C)N1CCN(S(=O)(=O)c2cccc([N+](=O)[O-])c2)CC1. The first-order valence-corrected chi connectivity index (χ1v) is 10.3. The normalized spacial score (nSPS) is 17.6. The molecule has 1 atom stereocenters. The third kappa shape index (κ3) is 5.24. The number of amides is 1. The average Bonchev–Trinajstić information content (AvgIpc) is 2.65. The van der Waals surface area contributed by atoms with Crippen LogP contribution in [0.1, 0.15) is 20.8 Å². The van der Waals surface area contributed by atoms with Crippen molar-refractivity contribution in [3.63, 3.8) is 0 Å². The van der Waals surface area contributed by atoms with Crippen molar-refractivity contribution >= 4 is 21.6 Å². The Morgan fingerprint density at radius 3 is 2.41 bits per heavy atom. The van der Waals surface area contributed by atoms with Crippen LogP contribution in [0, 0.1) is 16.0 Å². The van der Waals surface area contributed by atoms with Crippen LogP contribution in [0.25, 0.3) is 0 Å². The van der Waals surface area contributed by atoms with Crippen LogP contribution in [0.2, 0.25) is 0 Å². The van der Waals surface area contributed by atoms with Gasteiger partial charge in [-0.2, -0.15) is 4.31 Å². The molecule has 150 valence electrons. The van der Waals surface area contributed by atoms with Crippen LogP contribution < -0.4 is 5.32 Å². The molecule has 0 spiro atoms. The number of nitro benzene ring substituents is 1. The Labute approximate surface area is 159 Å². The molecule has 9 nitrogen and oxygen atoms in total. The lowest BCUT2D eigenvalue weighted by atomic mass is 10.2. The van der Waals surface area contributed by atoms with Crippen LogP contribution in [-0.4, -0.2) is 67.2 Å². The van der Waals surface area contributed by atoms with Gasteiger partial charge in [-0.05, 0) is 18.9 Å². The fourth-order valence-electron chi connectivity index (χ4n) is 2.86. The van der Waals surface area contributed by atoms with Gasteiger partial charge >= 0.3 is 0 Å². The molecule has 1 saturated heterocycles. The maximum Gasteiger partial charge on any atom is 0.270 e. The second-order valence-corrected chi connectivity index (χ2v) is 8.95. The van der Waals surface area contributed by atoms with Gasteiger partial charge in [0, 0.05) is 44.9 Å². The fourth-order valence-corrected chi connectivity index (χ4v) is 4.32. The van der Waals surface area contributed by atoms with Gasteiger partial charge < -0.3 is 5.32 Å². The smallest absolute Gasteiger partial charge is 0.270 e. The summed E-state index contributed by atoms with van der Waals surface area (Å²) in [4.78, 5) is 24.3. The molecule has 2 rings (SSSR count). The van der Waals surface area contributed by atoms with E-state index in [2.05, 4.69) is 5.32 Å². The Morgan fingerprint density at radius 1 is 1.22 bits per heavy atom. The van der Waals surface area contributed by atoms with E-state index in [9.17, 15) is 23.3 Å². The third-order valence-corrected chi connectivity index (χ3v) is 6.45. The standard InChI is InChI=1S/C17H26N4O5S/c1-13(2)12-18-17(22)14(3)19-7-9-20(10-8-19)27(25,26)16-6-4-5-15(11-16)21(23)24/h4-6,11,13-14H,7-10,12H2,1-3H3,(H,18,22). The maximum absolute atomic E-state index is 12.8. The Hall–Kier alpha value is -2.04. The third-order valence-electron chi connectivity index (χ3n) is 4.55. The van der Waals surface area contributed by atoms with Gasteiger partial charge in [0.1, 0.15) is 0 Å². The number of hydrogen-bond donors (Lipinski definition) is 1. The summed E-state index contributed by atoms with van der Waals surface area (Å²) in [5.41, 5.74) is -0.259. The van der Waals surface area contributed by atoms with Gasteiger partial charge in [0.15, 0.2) is 0 Å². The first-order valence-electron chi connectivity index (χ1n) is 8.89. The number of non-ortho nitro benzene ring substituents is 1. The van der Waals surface area contributed by atoms with E-state index < -0.39 is 14.9 Å². The van der Waals surface area contributed by atoms with Crippen molar-refractivity contribution in [1.82, 2.24) is 14.5 Å². The number of nitrogens with one attached hydrogen (secondary N) is 1. The fraction of sp³-hybridized carbons (Fsp3) is 0.588. The van der Waals surface area contributed by atoms with Crippen LogP contribution >= 0.6 is 0 Å². The molecule has 0 bridgehead atoms. The molecule has 1 N–H and O–H groups in total.